The quantitative estimate of drug-likeness (QED) is 0.612. The Hall–Kier alpha value is -0.820. The van der Waals surface area contributed by atoms with Gasteiger partial charge < -0.3 is 4.48 Å². The van der Waals surface area contributed by atoms with Gasteiger partial charge in [0.1, 0.15) is 12.1 Å². The molecule has 2 aliphatic heterocycles. The van der Waals surface area contributed by atoms with E-state index < -0.39 is 0 Å². The van der Waals surface area contributed by atoms with Crippen molar-refractivity contribution < 1.29 is 4.48 Å². The van der Waals surface area contributed by atoms with Crippen molar-refractivity contribution in [3.05, 3.63) is 35.4 Å². The third-order valence-corrected chi connectivity index (χ3v) is 4.88. The Balaban J connectivity index is 2.16. The summed E-state index contributed by atoms with van der Waals surface area (Å²) in [7, 11) is 2.45. The monoisotopic (exact) mass is 202 g/mol. The highest BCUT2D eigenvalue weighted by Crippen LogP contribution is 2.58. The first-order chi connectivity index (χ1) is 7.15. The van der Waals surface area contributed by atoms with E-state index in [9.17, 15) is 0 Å². The van der Waals surface area contributed by atoms with Crippen LogP contribution in [0.2, 0.25) is 0 Å². The largest absolute Gasteiger partial charge is 0.312 e. The van der Waals surface area contributed by atoms with Crippen LogP contribution in [0.3, 0.4) is 0 Å². The zero-order valence-corrected chi connectivity index (χ0v) is 9.90. The van der Waals surface area contributed by atoms with Crippen LogP contribution in [0.15, 0.2) is 24.3 Å². The zero-order chi connectivity index (χ0) is 10.6. The maximum absolute atomic E-state index is 2.45. The van der Waals surface area contributed by atoms with Gasteiger partial charge in [0.25, 0.3) is 0 Å². The first-order valence-electron chi connectivity index (χ1n) is 6.10. The molecule has 0 amide bonds. The molecule has 0 spiro atoms. The van der Waals surface area contributed by atoms with Crippen molar-refractivity contribution in [3.63, 3.8) is 0 Å². The van der Waals surface area contributed by atoms with Crippen LogP contribution in [0.4, 0.5) is 0 Å². The SMILES string of the molecule is CC(C)[N+]1(C)[C@@H]2CC[C@H]1c1ccccc12. The molecule has 1 aromatic rings. The molecule has 3 rings (SSSR count). The van der Waals surface area contributed by atoms with Crippen molar-refractivity contribution in [2.75, 3.05) is 7.05 Å². The van der Waals surface area contributed by atoms with E-state index in [2.05, 4.69) is 45.2 Å². The molecule has 15 heavy (non-hydrogen) atoms. The Morgan fingerprint density at radius 1 is 1.07 bits per heavy atom. The molecule has 0 saturated carbocycles. The number of benzene rings is 1. The minimum atomic E-state index is 0.731. The standard InChI is InChI=1S/C14H20N/c1-10(2)15(3)13-8-9-14(15)12-7-5-4-6-11(12)13/h4-7,10,13-14H,8-9H2,1-3H3/q+1/t13-,14+,15?. The lowest BCUT2D eigenvalue weighted by Crippen LogP contribution is -2.46. The van der Waals surface area contributed by atoms with Gasteiger partial charge >= 0.3 is 0 Å². The molecular formula is C14H20N+. The van der Waals surface area contributed by atoms with E-state index in [0.717, 1.165) is 18.1 Å². The maximum atomic E-state index is 2.45. The second-order valence-corrected chi connectivity index (χ2v) is 5.55. The van der Waals surface area contributed by atoms with Crippen molar-refractivity contribution in [3.8, 4) is 0 Å². The average molecular weight is 202 g/mol. The summed E-state index contributed by atoms with van der Waals surface area (Å²) in [6, 6.07) is 11.4. The lowest BCUT2D eigenvalue weighted by Gasteiger charge is -2.39. The molecule has 1 saturated heterocycles. The molecule has 0 aliphatic carbocycles. The first-order valence-corrected chi connectivity index (χ1v) is 6.10. The summed E-state index contributed by atoms with van der Waals surface area (Å²) >= 11 is 0. The fourth-order valence-electron chi connectivity index (χ4n) is 3.84. The van der Waals surface area contributed by atoms with E-state index in [1.807, 2.05) is 0 Å². The van der Waals surface area contributed by atoms with Gasteiger partial charge in [-0.2, -0.15) is 0 Å². The van der Waals surface area contributed by atoms with Gasteiger partial charge in [-0.1, -0.05) is 24.3 Å². The predicted octanol–water partition coefficient (Wildman–Crippen LogP) is 3.43. The number of hydrogen-bond donors (Lipinski definition) is 0. The Bertz CT molecular complexity index is 363. The molecule has 1 fully saturated rings. The second-order valence-electron chi connectivity index (χ2n) is 5.55. The summed E-state index contributed by atoms with van der Waals surface area (Å²) in [6.45, 7) is 4.74. The van der Waals surface area contributed by atoms with Gasteiger partial charge in [0, 0.05) is 24.0 Å². The van der Waals surface area contributed by atoms with Crippen molar-refractivity contribution in [2.45, 2.75) is 44.8 Å². The third kappa shape index (κ3) is 0.971. The van der Waals surface area contributed by atoms with E-state index in [4.69, 9.17) is 0 Å². The molecule has 0 N–H and O–H groups in total. The molecule has 3 atom stereocenters. The van der Waals surface area contributed by atoms with Gasteiger partial charge in [-0.05, 0) is 13.8 Å². The number of nitrogens with zero attached hydrogens (tertiary/aromatic N) is 1. The molecular weight excluding hydrogens is 182 g/mol. The molecule has 1 heteroatoms. The molecule has 2 bridgehead atoms. The summed E-state index contributed by atoms with van der Waals surface area (Å²) in [5.41, 5.74) is 3.26. The van der Waals surface area contributed by atoms with Crippen molar-refractivity contribution >= 4 is 0 Å². The fourth-order valence-corrected chi connectivity index (χ4v) is 3.84. The van der Waals surface area contributed by atoms with Gasteiger partial charge in [-0.25, -0.2) is 0 Å². The minimum absolute atomic E-state index is 0.731. The zero-order valence-electron chi connectivity index (χ0n) is 9.90. The van der Waals surface area contributed by atoms with E-state index in [-0.39, 0.29) is 0 Å². The van der Waals surface area contributed by atoms with Crippen molar-refractivity contribution in [2.24, 2.45) is 0 Å². The van der Waals surface area contributed by atoms with Crippen LogP contribution >= 0.6 is 0 Å². The molecule has 2 heterocycles. The summed E-state index contributed by atoms with van der Waals surface area (Å²) < 4.78 is 1.25. The van der Waals surface area contributed by atoms with Gasteiger partial charge in [-0.3, -0.25) is 0 Å². The van der Waals surface area contributed by atoms with Gasteiger partial charge in [0.2, 0.25) is 0 Å². The Morgan fingerprint density at radius 2 is 1.53 bits per heavy atom. The number of hydrogen-bond acceptors (Lipinski definition) is 0. The fraction of sp³-hybridized carbons (Fsp3) is 0.571. The number of quaternary nitrogens is 1. The smallest absolute Gasteiger partial charge is 0.116 e. The highest BCUT2D eigenvalue weighted by Gasteiger charge is 2.56. The van der Waals surface area contributed by atoms with Crippen molar-refractivity contribution in [1.29, 1.82) is 0 Å². The maximum Gasteiger partial charge on any atom is 0.116 e. The van der Waals surface area contributed by atoms with Crippen LogP contribution in [0.25, 0.3) is 0 Å². The molecule has 1 unspecified atom stereocenters. The second kappa shape index (κ2) is 2.85. The lowest BCUT2D eigenvalue weighted by atomic mass is 9.92. The third-order valence-electron chi connectivity index (χ3n) is 4.88. The highest BCUT2D eigenvalue weighted by atomic mass is 15.4. The Morgan fingerprint density at radius 3 is 1.93 bits per heavy atom. The lowest BCUT2D eigenvalue weighted by molar-refractivity contribution is -0.966. The van der Waals surface area contributed by atoms with Crippen LogP contribution < -0.4 is 0 Å². The summed E-state index contributed by atoms with van der Waals surface area (Å²) in [6.07, 6.45) is 2.77. The van der Waals surface area contributed by atoms with E-state index in [1.165, 1.54) is 17.3 Å². The van der Waals surface area contributed by atoms with Crippen molar-refractivity contribution in [1.82, 2.24) is 0 Å². The molecule has 0 radical (unpaired) electrons. The molecule has 1 aromatic carbocycles. The van der Waals surface area contributed by atoms with Crippen LogP contribution in [0.5, 0.6) is 0 Å². The Labute approximate surface area is 92.3 Å². The molecule has 80 valence electrons. The van der Waals surface area contributed by atoms with Gasteiger partial charge in [-0.15, -0.1) is 0 Å². The van der Waals surface area contributed by atoms with E-state index >= 15 is 0 Å². The average Bonchev–Trinajstić information content (AvgIpc) is 2.70. The highest BCUT2D eigenvalue weighted by molar-refractivity contribution is 5.36. The number of fused-ring (bicyclic) bond motifs is 5. The summed E-state index contributed by atoms with van der Waals surface area (Å²) in [4.78, 5) is 0. The van der Waals surface area contributed by atoms with Crippen LogP contribution in [-0.2, 0) is 0 Å². The minimum Gasteiger partial charge on any atom is -0.312 e. The molecule has 0 aromatic heterocycles. The van der Waals surface area contributed by atoms with Crippen LogP contribution in [0.1, 0.15) is 49.9 Å². The van der Waals surface area contributed by atoms with Gasteiger partial charge in [0.15, 0.2) is 0 Å². The topological polar surface area (TPSA) is 0 Å². The van der Waals surface area contributed by atoms with E-state index in [1.54, 1.807) is 11.1 Å². The van der Waals surface area contributed by atoms with Crippen LogP contribution in [0, 0.1) is 0 Å². The van der Waals surface area contributed by atoms with Gasteiger partial charge in [0.05, 0.1) is 13.1 Å². The van der Waals surface area contributed by atoms with Crippen LogP contribution in [-0.4, -0.2) is 17.6 Å². The first kappa shape index (κ1) is 9.41. The summed E-state index contributed by atoms with van der Waals surface area (Å²) in [5, 5.41) is 0. The molecule has 1 nitrogen and oxygen atoms in total. The predicted molar refractivity (Wildman–Crippen MR) is 62.5 cm³/mol. The van der Waals surface area contributed by atoms with E-state index in [0.29, 0.717) is 0 Å². The summed E-state index contributed by atoms with van der Waals surface area (Å²) in [5.74, 6) is 0. The normalized spacial score (nSPS) is 37.3. The Kier molecular flexibility index (Phi) is 1.79. The molecule has 2 aliphatic rings. The number of rotatable bonds is 1.